The number of nitro groups is 1. The van der Waals surface area contributed by atoms with E-state index in [9.17, 15) is 10.1 Å². The molecule has 0 saturated carbocycles. The Morgan fingerprint density at radius 2 is 2.15 bits per heavy atom. The van der Waals surface area contributed by atoms with E-state index in [4.69, 9.17) is 10.4 Å². The third-order valence-corrected chi connectivity index (χ3v) is 3.59. The Bertz CT molecular complexity index is 533. The summed E-state index contributed by atoms with van der Waals surface area (Å²) in [6.07, 6.45) is 2.55. The summed E-state index contributed by atoms with van der Waals surface area (Å²) in [7, 11) is 0. The summed E-state index contributed by atoms with van der Waals surface area (Å²) in [4.78, 5) is 12.6. The van der Waals surface area contributed by atoms with Crippen LogP contribution in [-0.4, -0.2) is 29.7 Å². The minimum absolute atomic E-state index is 0.0255. The second-order valence-corrected chi connectivity index (χ2v) is 4.98. The molecular formula is C14H17N3O3. The van der Waals surface area contributed by atoms with Crippen LogP contribution in [0.2, 0.25) is 0 Å². The first-order chi connectivity index (χ1) is 9.65. The SMILES string of the molecule is N#CC(CO)Cc1cc([N+](=O)[O-])ccc1N1CCCC1. The van der Waals surface area contributed by atoms with Gasteiger partial charge in [0.05, 0.1) is 23.5 Å². The largest absolute Gasteiger partial charge is 0.395 e. The molecule has 1 N–H and O–H groups in total. The molecule has 106 valence electrons. The summed E-state index contributed by atoms with van der Waals surface area (Å²) < 4.78 is 0. The van der Waals surface area contributed by atoms with E-state index in [2.05, 4.69) is 4.90 Å². The average molecular weight is 275 g/mol. The minimum Gasteiger partial charge on any atom is -0.395 e. The van der Waals surface area contributed by atoms with E-state index < -0.39 is 10.8 Å². The van der Waals surface area contributed by atoms with E-state index in [-0.39, 0.29) is 12.3 Å². The highest BCUT2D eigenvalue weighted by Gasteiger charge is 2.20. The molecule has 6 nitrogen and oxygen atoms in total. The number of nitriles is 1. The molecule has 1 heterocycles. The highest BCUT2D eigenvalue weighted by Crippen LogP contribution is 2.30. The number of rotatable bonds is 5. The predicted octanol–water partition coefficient (Wildman–Crippen LogP) is 1.87. The van der Waals surface area contributed by atoms with Crippen molar-refractivity contribution in [3.8, 4) is 6.07 Å². The van der Waals surface area contributed by atoms with Gasteiger partial charge in [-0.15, -0.1) is 0 Å². The molecule has 1 aliphatic heterocycles. The van der Waals surface area contributed by atoms with Crippen LogP contribution in [0.4, 0.5) is 11.4 Å². The standard InChI is InChI=1S/C14H17N3O3/c15-9-11(10-18)7-12-8-13(17(19)20)3-4-14(12)16-5-1-2-6-16/h3-4,8,11,18H,1-2,5-7,10H2. The molecule has 1 saturated heterocycles. The highest BCUT2D eigenvalue weighted by atomic mass is 16.6. The van der Waals surface area contributed by atoms with Crippen molar-refractivity contribution in [2.24, 2.45) is 5.92 Å². The van der Waals surface area contributed by atoms with E-state index >= 15 is 0 Å². The van der Waals surface area contributed by atoms with Crippen LogP contribution in [0, 0.1) is 27.4 Å². The predicted molar refractivity (Wildman–Crippen MR) is 74.4 cm³/mol. The van der Waals surface area contributed by atoms with Gasteiger partial charge in [0.1, 0.15) is 0 Å². The smallest absolute Gasteiger partial charge is 0.269 e. The molecule has 1 fully saturated rings. The molecule has 0 amide bonds. The van der Waals surface area contributed by atoms with Crippen molar-refractivity contribution in [3.63, 3.8) is 0 Å². The molecule has 2 rings (SSSR count). The lowest BCUT2D eigenvalue weighted by Crippen LogP contribution is -2.20. The number of hydrogen-bond acceptors (Lipinski definition) is 5. The zero-order valence-electron chi connectivity index (χ0n) is 11.2. The summed E-state index contributed by atoms with van der Waals surface area (Å²) >= 11 is 0. The van der Waals surface area contributed by atoms with Gasteiger partial charge >= 0.3 is 0 Å². The molecule has 0 aromatic heterocycles. The van der Waals surface area contributed by atoms with Gasteiger partial charge in [-0.3, -0.25) is 10.1 Å². The molecule has 20 heavy (non-hydrogen) atoms. The lowest BCUT2D eigenvalue weighted by molar-refractivity contribution is -0.384. The molecule has 0 radical (unpaired) electrons. The Kier molecular flexibility index (Phi) is 4.53. The molecule has 1 atom stereocenters. The fraction of sp³-hybridized carbons (Fsp3) is 0.500. The van der Waals surface area contributed by atoms with Crippen molar-refractivity contribution < 1.29 is 10.0 Å². The molecule has 1 aromatic rings. The third-order valence-electron chi connectivity index (χ3n) is 3.59. The molecule has 0 aliphatic carbocycles. The number of non-ortho nitro benzene ring substituents is 1. The fourth-order valence-corrected chi connectivity index (χ4v) is 2.53. The van der Waals surface area contributed by atoms with E-state index in [0.29, 0.717) is 6.42 Å². The van der Waals surface area contributed by atoms with Gasteiger partial charge in [0.25, 0.3) is 5.69 Å². The van der Waals surface area contributed by atoms with Crippen LogP contribution >= 0.6 is 0 Å². The zero-order valence-corrected chi connectivity index (χ0v) is 11.2. The Morgan fingerprint density at radius 1 is 1.45 bits per heavy atom. The van der Waals surface area contributed by atoms with Crippen LogP contribution in [0.3, 0.4) is 0 Å². The first-order valence-corrected chi connectivity index (χ1v) is 6.68. The van der Waals surface area contributed by atoms with Crippen molar-refractivity contribution in [1.82, 2.24) is 0 Å². The molecule has 1 aromatic carbocycles. The maximum Gasteiger partial charge on any atom is 0.269 e. The normalized spacial score (nSPS) is 15.9. The Hall–Kier alpha value is -2.13. The maximum atomic E-state index is 10.9. The van der Waals surface area contributed by atoms with Gasteiger partial charge in [0, 0.05) is 30.9 Å². The molecule has 1 aliphatic rings. The maximum absolute atomic E-state index is 10.9. The fourth-order valence-electron chi connectivity index (χ4n) is 2.53. The first-order valence-electron chi connectivity index (χ1n) is 6.68. The van der Waals surface area contributed by atoms with Crippen LogP contribution in [0.15, 0.2) is 18.2 Å². The molecular weight excluding hydrogens is 258 g/mol. The van der Waals surface area contributed by atoms with E-state index in [1.165, 1.54) is 12.1 Å². The summed E-state index contributed by atoms with van der Waals surface area (Å²) in [6, 6.07) is 6.80. The Morgan fingerprint density at radius 3 is 2.70 bits per heavy atom. The quantitative estimate of drug-likeness (QED) is 0.654. The van der Waals surface area contributed by atoms with Crippen LogP contribution in [-0.2, 0) is 6.42 Å². The van der Waals surface area contributed by atoms with Crippen LogP contribution in [0.5, 0.6) is 0 Å². The molecule has 0 bridgehead atoms. The molecule has 6 heteroatoms. The van der Waals surface area contributed by atoms with Gasteiger partial charge in [-0.1, -0.05) is 0 Å². The van der Waals surface area contributed by atoms with Crippen molar-refractivity contribution in [3.05, 3.63) is 33.9 Å². The number of aliphatic hydroxyl groups excluding tert-OH is 1. The topological polar surface area (TPSA) is 90.4 Å². The van der Waals surface area contributed by atoms with Gasteiger partial charge in [-0.25, -0.2) is 0 Å². The number of anilines is 1. The summed E-state index contributed by atoms with van der Waals surface area (Å²) in [6.45, 7) is 1.63. The summed E-state index contributed by atoms with van der Waals surface area (Å²) in [5.41, 5.74) is 1.74. The molecule has 0 spiro atoms. The van der Waals surface area contributed by atoms with Crippen LogP contribution in [0.25, 0.3) is 0 Å². The third kappa shape index (κ3) is 3.06. The van der Waals surface area contributed by atoms with E-state index in [1.807, 2.05) is 6.07 Å². The molecule has 1 unspecified atom stereocenters. The van der Waals surface area contributed by atoms with Gasteiger partial charge in [0.15, 0.2) is 0 Å². The van der Waals surface area contributed by atoms with Crippen molar-refractivity contribution in [2.45, 2.75) is 19.3 Å². The first kappa shape index (κ1) is 14.3. The number of nitrogens with zero attached hydrogens (tertiary/aromatic N) is 3. The van der Waals surface area contributed by atoms with Crippen LogP contribution < -0.4 is 4.90 Å². The number of aliphatic hydroxyl groups is 1. The minimum atomic E-state index is -0.529. The number of benzene rings is 1. The van der Waals surface area contributed by atoms with Gasteiger partial charge in [-0.05, 0) is 30.9 Å². The van der Waals surface area contributed by atoms with Crippen LogP contribution in [0.1, 0.15) is 18.4 Å². The number of nitro benzene ring substituents is 1. The van der Waals surface area contributed by atoms with Crippen molar-refractivity contribution in [2.75, 3.05) is 24.6 Å². The average Bonchev–Trinajstić information content (AvgIpc) is 2.98. The lowest BCUT2D eigenvalue weighted by atomic mass is 9.99. The van der Waals surface area contributed by atoms with Gasteiger partial charge in [0.2, 0.25) is 0 Å². The lowest BCUT2D eigenvalue weighted by Gasteiger charge is -2.22. The Labute approximate surface area is 117 Å². The van der Waals surface area contributed by atoms with Crippen molar-refractivity contribution in [1.29, 1.82) is 5.26 Å². The highest BCUT2D eigenvalue weighted by molar-refractivity contribution is 5.58. The van der Waals surface area contributed by atoms with Crippen molar-refractivity contribution >= 4 is 11.4 Å². The summed E-state index contributed by atoms with van der Waals surface area (Å²) in [5, 5.41) is 29.0. The Balaban J connectivity index is 2.34. The monoisotopic (exact) mass is 275 g/mol. The van der Waals surface area contributed by atoms with Gasteiger partial charge in [-0.2, -0.15) is 5.26 Å². The van der Waals surface area contributed by atoms with Gasteiger partial charge < -0.3 is 10.0 Å². The van der Waals surface area contributed by atoms with E-state index in [0.717, 1.165) is 37.2 Å². The summed E-state index contributed by atoms with van der Waals surface area (Å²) in [5.74, 6) is -0.529. The second kappa shape index (κ2) is 6.35. The zero-order chi connectivity index (χ0) is 14.5. The van der Waals surface area contributed by atoms with E-state index in [1.54, 1.807) is 6.07 Å². The second-order valence-electron chi connectivity index (χ2n) is 4.98. The number of hydrogen-bond donors (Lipinski definition) is 1.